The number of nitro groups is 1. The summed E-state index contributed by atoms with van der Waals surface area (Å²) in [6.07, 6.45) is 2.02. The highest BCUT2D eigenvalue weighted by Gasteiger charge is 2.16. The number of hydrogen-bond acceptors (Lipinski definition) is 6. The Morgan fingerprint density at radius 2 is 1.91 bits per heavy atom. The number of nitro benzene ring substituents is 1. The summed E-state index contributed by atoms with van der Waals surface area (Å²) in [4.78, 5) is 17.0. The molecule has 0 saturated heterocycles. The second kappa shape index (κ2) is 6.39. The van der Waals surface area contributed by atoms with Crippen molar-refractivity contribution >= 4 is 33.9 Å². The van der Waals surface area contributed by atoms with Crippen molar-refractivity contribution in [2.24, 2.45) is 0 Å². The Kier molecular flexibility index (Phi) is 4.31. The Morgan fingerprint density at radius 1 is 1.17 bits per heavy atom. The normalized spacial score (nSPS) is 10.7. The maximum absolute atomic E-state index is 11.0. The second-order valence-corrected chi connectivity index (χ2v) is 6.68. The quantitative estimate of drug-likeness (QED) is 0.422. The van der Waals surface area contributed by atoms with E-state index in [2.05, 4.69) is 11.1 Å². The van der Waals surface area contributed by atoms with Gasteiger partial charge >= 0.3 is 0 Å². The van der Waals surface area contributed by atoms with Crippen LogP contribution in [0.25, 0.3) is 21.7 Å². The molecule has 0 amide bonds. The summed E-state index contributed by atoms with van der Waals surface area (Å²) >= 11 is 3.04. The Hall–Kier alpha value is -2.38. The van der Waals surface area contributed by atoms with Gasteiger partial charge in [-0.25, -0.2) is 4.98 Å². The van der Waals surface area contributed by atoms with E-state index in [1.54, 1.807) is 17.8 Å². The average Bonchev–Trinajstić information content (AvgIpc) is 2.97. The number of nitrogens with two attached hydrogens (primary N) is 1. The summed E-state index contributed by atoms with van der Waals surface area (Å²) in [5.41, 5.74) is 8.30. The highest BCUT2D eigenvalue weighted by Crippen LogP contribution is 2.39. The van der Waals surface area contributed by atoms with Gasteiger partial charge in [-0.3, -0.25) is 10.1 Å². The van der Waals surface area contributed by atoms with Crippen LogP contribution in [0.3, 0.4) is 0 Å². The predicted octanol–water partition coefficient (Wildman–Crippen LogP) is 4.69. The molecule has 0 aliphatic carbocycles. The molecule has 3 aromatic rings. The van der Waals surface area contributed by atoms with E-state index in [-0.39, 0.29) is 5.69 Å². The highest BCUT2D eigenvalue weighted by atomic mass is 32.2. The van der Waals surface area contributed by atoms with Crippen LogP contribution in [0.1, 0.15) is 0 Å². The summed E-state index contributed by atoms with van der Waals surface area (Å²) in [6, 6.07) is 14.5. The first-order chi connectivity index (χ1) is 11.1. The van der Waals surface area contributed by atoms with Gasteiger partial charge in [0.15, 0.2) is 5.13 Å². The molecule has 116 valence electrons. The molecule has 7 heteroatoms. The SMILES string of the molecule is CSc1cccc(-c2sc(N)nc2-c2cccc([N+](=O)[O-])c2)c1. The van der Waals surface area contributed by atoms with Gasteiger partial charge in [-0.2, -0.15) is 0 Å². The van der Waals surface area contributed by atoms with E-state index in [1.165, 1.54) is 23.5 Å². The van der Waals surface area contributed by atoms with Crippen molar-refractivity contribution < 1.29 is 4.92 Å². The van der Waals surface area contributed by atoms with Crippen LogP contribution in [0.4, 0.5) is 10.8 Å². The van der Waals surface area contributed by atoms with Crippen LogP contribution >= 0.6 is 23.1 Å². The van der Waals surface area contributed by atoms with E-state index >= 15 is 0 Å². The molecule has 0 fully saturated rings. The first-order valence-corrected chi connectivity index (χ1v) is 8.78. The summed E-state index contributed by atoms with van der Waals surface area (Å²) < 4.78 is 0. The maximum Gasteiger partial charge on any atom is 0.270 e. The Bertz CT molecular complexity index is 877. The number of aromatic nitrogens is 1. The Labute approximate surface area is 141 Å². The van der Waals surface area contributed by atoms with Crippen molar-refractivity contribution in [3.05, 3.63) is 58.6 Å². The molecule has 0 radical (unpaired) electrons. The molecule has 1 aromatic heterocycles. The minimum absolute atomic E-state index is 0.0397. The molecule has 0 unspecified atom stereocenters. The average molecular weight is 343 g/mol. The fourth-order valence-electron chi connectivity index (χ4n) is 2.26. The number of nitrogens with zero attached hydrogens (tertiary/aromatic N) is 2. The molecule has 3 rings (SSSR count). The van der Waals surface area contributed by atoms with Crippen LogP contribution in [-0.2, 0) is 0 Å². The standard InChI is InChI=1S/C16H13N3O2S2/c1-22-13-7-3-5-11(9-13)15-14(18-16(17)23-15)10-4-2-6-12(8-10)19(20)21/h2-9H,1H3,(H2,17,18). The number of rotatable bonds is 4. The molecule has 23 heavy (non-hydrogen) atoms. The number of benzene rings is 2. The fourth-order valence-corrected chi connectivity index (χ4v) is 3.57. The smallest absolute Gasteiger partial charge is 0.270 e. The fraction of sp³-hybridized carbons (Fsp3) is 0.0625. The molecule has 0 bridgehead atoms. The second-order valence-electron chi connectivity index (χ2n) is 4.77. The van der Waals surface area contributed by atoms with E-state index in [9.17, 15) is 10.1 Å². The zero-order chi connectivity index (χ0) is 16.4. The first kappa shape index (κ1) is 15.5. The van der Waals surface area contributed by atoms with Crippen LogP contribution in [0.2, 0.25) is 0 Å². The van der Waals surface area contributed by atoms with E-state index in [0.29, 0.717) is 16.4 Å². The molecular formula is C16H13N3O2S2. The van der Waals surface area contributed by atoms with Crippen LogP contribution in [0.15, 0.2) is 53.4 Å². The summed E-state index contributed by atoms with van der Waals surface area (Å²) in [5, 5.41) is 11.4. The van der Waals surface area contributed by atoms with Gasteiger partial charge in [-0.1, -0.05) is 35.6 Å². The lowest BCUT2D eigenvalue weighted by molar-refractivity contribution is -0.384. The highest BCUT2D eigenvalue weighted by molar-refractivity contribution is 7.98. The number of nitrogen functional groups attached to an aromatic ring is 1. The van der Waals surface area contributed by atoms with Crippen molar-refractivity contribution in [2.45, 2.75) is 4.90 Å². The molecule has 2 aromatic carbocycles. The van der Waals surface area contributed by atoms with Gasteiger partial charge in [0.2, 0.25) is 0 Å². The number of thioether (sulfide) groups is 1. The van der Waals surface area contributed by atoms with Crippen LogP contribution in [0, 0.1) is 10.1 Å². The first-order valence-electron chi connectivity index (χ1n) is 6.74. The van der Waals surface area contributed by atoms with Gasteiger partial charge in [0.25, 0.3) is 5.69 Å². The van der Waals surface area contributed by atoms with Crippen LogP contribution in [-0.4, -0.2) is 16.2 Å². The molecule has 2 N–H and O–H groups in total. The van der Waals surface area contributed by atoms with Gasteiger partial charge in [-0.15, -0.1) is 11.8 Å². The summed E-state index contributed by atoms with van der Waals surface area (Å²) in [5.74, 6) is 0. The molecule has 0 saturated carbocycles. The van der Waals surface area contributed by atoms with Crippen LogP contribution in [0.5, 0.6) is 0 Å². The molecule has 0 aliphatic heterocycles. The number of hydrogen-bond donors (Lipinski definition) is 1. The maximum atomic E-state index is 11.0. The molecule has 1 heterocycles. The van der Waals surface area contributed by atoms with Gasteiger partial charge in [0.1, 0.15) is 0 Å². The van der Waals surface area contributed by atoms with Gasteiger partial charge in [0.05, 0.1) is 15.5 Å². The lowest BCUT2D eigenvalue weighted by Gasteiger charge is -2.04. The van der Waals surface area contributed by atoms with E-state index in [0.717, 1.165) is 15.3 Å². The summed E-state index contributed by atoms with van der Waals surface area (Å²) in [6.45, 7) is 0. The van der Waals surface area contributed by atoms with Gasteiger partial charge < -0.3 is 5.73 Å². The topological polar surface area (TPSA) is 82.0 Å². The monoisotopic (exact) mass is 343 g/mol. The van der Waals surface area contributed by atoms with Crippen molar-refractivity contribution in [3.8, 4) is 21.7 Å². The zero-order valence-electron chi connectivity index (χ0n) is 12.2. The minimum Gasteiger partial charge on any atom is -0.375 e. The molecular weight excluding hydrogens is 330 g/mol. The van der Waals surface area contributed by atoms with Crippen molar-refractivity contribution in [1.82, 2.24) is 4.98 Å². The van der Waals surface area contributed by atoms with E-state index in [1.807, 2.05) is 30.5 Å². The third kappa shape index (κ3) is 3.20. The molecule has 0 aliphatic rings. The van der Waals surface area contributed by atoms with E-state index in [4.69, 9.17) is 5.73 Å². The lowest BCUT2D eigenvalue weighted by Crippen LogP contribution is -1.89. The van der Waals surface area contributed by atoms with Gasteiger partial charge in [0, 0.05) is 22.6 Å². The van der Waals surface area contributed by atoms with Crippen molar-refractivity contribution in [1.29, 1.82) is 0 Å². The number of thiazole rings is 1. The largest absolute Gasteiger partial charge is 0.375 e. The third-order valence-corrected chi connectivity index (χ3v) is 4.96. The Morgan fingerprint density at radius 3 is 2.65 bits per heavy atom. The van der Waals surface area contributed by atoms with Crippen molar-refractivity contribution in [2.75, 3.05) is 12.0 Å². The molecule has 5 nitrogen and oxygen atoms in total. The van der Waals surface area contributed by atoms with Gasteiger partial charge in [-0.05, 0) is 24.0 Å². The third-order valence-electron chi connectivity index (χ3n) is 3.31. The zero-order valence-corrected chi connectivity index (χ0v) is 13.9. The van der Waals surface area contributed by atoms with Crippen molar-refractivity contribution in [3.63, 3.8) is 0 Å². The Balaban J connectivity index is 2.14. The predicted molar refractivity (Wildman–Crippen MR) is 95.8 cm³/mol. The summed E-state index contributed by atoms with van der Waals surface area (Å²) in [7, 11) is 0. The lowest BCUT2D eigenvalue weighted by atomic mass is 10.1. The number of anilines is 1. The van der Waals surface area contributed by atoms with Crippen LogP contribution < -0.4 is 5.73 Å². The minimum atomic E-state index is -0.409. The number of non-ortho nitro benzene ring substituents is 1. The molecule has 0 spiro atoms. The van der Waals surface area contributed by atoms with E-state index < -0.39 is 4.92 Å². The molecule has 0 atom stereocenters.